The Labute approximate surface area is 193 Å². The zero-order valence-electron chi connectivity index (χ0n) is 19.9. The van der Waals surface area contributed by atoms with Gasteiger partial charge in [-0.1, -0.05) is 48.8 Å². The lowest BCUT2D eigenvalue weighted by Crippen LogP contribution is -2.52. The first-order valence-corrected chi connectivity index (χ1v) is 13.5. The van der Waals surface area contributed by atoms with E-state index < -0.39 is 17.8 Å². The van der Waals surface area contributed by atoms with Gasteiger partial charge in [0, 0.05) is 17.6 Å². The molecule has 0 radical (unpaired) electrons. The zero-order chi connectivity index (χ0) is 22.4. The molecule has 6 atom stereocenters. The van der Waals surface area contributed by atoms with Crippen molar-refractivity contribution in [3.8, 4) is 0 Å². The summed E-state index contributed by atoms with van der Waals surface area (Å²) in [5.74, 6) is 3.26. The summed E-state index contributed by atoms with van der Waals surface area (Å²) in [4.78, 5) is 0. The lowest BCUT2D eigenvalue weighted by Gasteiger charge is -2.56. The molecule has 0 unspecified atom stereocenters. The van der Waals surface area contributed by atoms with Gasteiger partial charge >= 0.3 is 0 Å². The molecular weight excluding hydrogens is 404 g/mol. The highest BCUT2D eigenvalue weighted by molar-refractivity contribution is 7.99. The van der Waals surface area contributed by atoms with Gasteiger partial charge in [-0.2, -0.15) is 11.8 Å². The molecule has 4 heteroatoms. The lowest BCUT2D eigenvalue weighted by atomic mass is 9.50. The molecule has 0 amide bonds. The van der Waals surface area contributed by atoms with Crippen LogP contribution in [0, 0.1) is 22.7 Å². The minimum absolute atomic E-state index is 0.206. The third kappa shape index (κ3) is 4.35. The van der Waals surface area contributed by atoms with E-state index in [1.54, 1.807) is 11.1 Å². The molecule has 4 aliphatic carbocycles. The SMILES string of the molecule is CC(C)(O)CCCCSCC1=CC[C@H]2C3=CC=C4C[C@@H](O)C[C@H](O)[C@]4(C)[C@H]3CC[C@]12C. The van der Waals surface area contributed by atoms with Gasteiger partial charge < -0.3 is 15.3 Å². The summed E-state index contributed by atoms with van der Waals surface area (Å²) < 4.78 is 0. The maximum absolute atomic E-state index is 11.0. The molecule has 4 aliphatic rings. The van der Waals surface area contributed by atoms with E-state index in [9.17, 15) is 15.3 Å². The van der Waals surface area contributed by atoms with E-state index in [0.29, 0.717) is 24.7 Å². The van der Waals surface area contributed by atoms with E-state index >= 15 is 0 Å². The lowest BCUT2D eigenvalue weighted by molar-refractivity contribution is -0.0488. The van der Waals surface area contributed by atoms with E-state index in [4.69, 9.17) is 0 Å². The van der Waals surface area contributed by atoms with Crippen LogP contribution in [-0.2, 0) is 0 Å². The fourth-order valence-corrected chi connectivity index (χ4v) is 8.11. The number of aliphatic hydroxyl groups is 3. The molecule has 3 N–H and O–H groups in total. The monoisotopic (exact) mass is 446 g/mol. The van der Waals surface area contributed by atoms with Crippen molar-refractivity contribution in [2.75, 3.05) is 11.5 Å². The van der Waals surface area contributed by atoms with Crippen LogP contribution in [0.5, 0.6) is 0 Å². The van der Waals surface area contributed by atoms with Crippen molar-refractivity contribution in [3.05, 3.63) is 34.9 Å². The Morgan fingerprint density at radius 1 is 1.13 bits per heavy atom. The van der Waals surface area contributed by atoms with Gasteiger partial charge in [0.2, 0.25) is 0 Å². The van der Waals surface area contributed by atoms with Gasteiger partial charge in [-0.05, 0) is 81.8 Å². The minimum atomic E-state index is -0.541. The van der Waals surface area contributed by atoms with Crippen molar-refractivity contribution in [3.63, 3.8) is 0 Å². The topological polar surface area (TPSA) is 60.7 Å². The summed E-state index contributed by atoms with van der Waals surface area (Å²) in [6, 6.07) is 0. The van der Waals surface area contributed by atoms with Crippen LogP contribution in [0.15, 0.2) is 34.9 Å². The normalized spacial score (nSPS) is 39.8. The molecule has 0 aromatic carbocycles. The van der Waals surface area contributed by atoms with E-state index in [-0.39, 0.29) is 10.8 Å². The van der Waals surface area contributed by atoms with E-state index in [1.807, 2.05) is 13.8 Å². The predicted molar refractivity (Wildman–Crippen MR) is 130 cm³/mol. The molecule has 0 saturated heterocycles. The Kier molecular flexibility index (Phi) is 6.60. The second-order valence-corrected chi connectivity index (χ2v) is 12.7. The Hall–Kier alpha value is -0.550. The van der Waals surface area contributed by atoms with Gasteiger partial charge in [0.25, 0.3) is 0 Å². The molecule has 2 saturated carbocycles. The van der Waals surface area contributed by atoms with Gasteiger partial charge in [-0.25, -0.2) is 0 Å². The number of fused-ring (bicyclic) bond motifs is 5. The Bertz CT molecular complexity index is 776. The first kappa shape index (κ1) is 23.6. The van der Waals surface area contributed by atoms with Crippen molar-refractivity contribution in [1.29, 1.82) is 0 Å². The molecule has 0 aliphatic heterocycles. The van der Waals surface area contributed by atoms with E-state index in [0.717, 1.165) is 37.2 Å². The predicted octanol–water partition coefficient (Wildman–Crippen LogP) is 5.41. The highest BCUT2D eigenvalue weighted by Gasteiger charge is 2.56. The number of hydrogen-bond donors (Lipinski definition) is 3. The highest BCUT2D eigenvalue weighted by Crippen LogP contribution is 2.63. The zero-order valence-corrected chi connectivity index (χ0v) is 20.7. The minimum Gasteiger partial charge on any atom is -0.393 e. The molecule has 3 nitrogen and oxygen atoms in total. The summed E-state index contributed by atoms with van der Waals surface area (Å²) in [5.41, 5.74) is 3.94. The van der Waals surface area contributed by atoms with Gasteiger partial charge in [0.1, 0.15) is 0 Å². The number of rotatable bonds is 7. The second-order valence-electron chi connectivity index (χ2n) is 11.6. The standard InChI is InChI=1S/C27H42O3S/c1-25(2,30)12-5-6-14-31-17-19-8-10-22-21-9-7-18-15-20(28)16-24(29)27(18,4)23(21)11-13-26(19,22)3/h7-9,20,22-24,28-30H,5-6,10-17H2,1-4H3/t20-,22+,23+,24+,26-,27+/m1/s1. The van der Waals surface area contributed by atoms with Crippen LogP contribution >= 0.6 is 11.8 Å². The molecule has 174 valence electrons. The summed E-state index contributed by atoms with van der Waals surface area (Å²) in [6.07, 6.45) is 14.1. The van der Waals surface area contributed by atoms with Crippen molar-refractivity contribution >= 4 is 11.8 Å². The van der Waals surface area contributed by atoms with E-state index in [1.165, 1.54) is 18.4 Å². The van der Waals surface area contributed by atoms with Gasteiger partial charge in [0.05, 0.1) is 17.8 Å². The maximum Gasteiger partial charge on any atom is 0.0661 e. The number of thioether (sulfide) groups is 1. The van der Waals surface area contributed by atoms with Crippen LogP contribution in [0.1, 0.15) is 79.1 Å². The van der Waals surface area contributed by atoms with Crippen molar-refractivity contribution < 1.29 is 15.3 Å². The average Bonchev–Trinajstić information content (AvgIpc) is 3.01. The maximum atomic E-state index is 11.0. The quantitative estimate of drug-likeness (QED) is 0.361. The van der Waals surface area contributed by atoms with Crippen LogP contribution in [0.4, 0.5) is 0 Å². The molecule has 31 heavy (non-hydrogen) atoms. The first-order valence-electron chi connectivity index (χ1n) is 12.3. The molecule has 0 heterocycles. The van der Waals surface area contributed by atoms with Gasteiger partial charge in [0.15, 0.2) is 0 Å². The first-order chi connectivity index (χ1) is 14.6. The molecule has 0 bridgehead atoms. The highest BCUT2D eigenvalue weighted by atomic mass is 32.2. The molecule has 4 rings (SSSR count). The second kappa shape index (κ2) is 8.66. The largest absolute Gasteiger partial charge is 0.393 e. The third-order valence-corrected chi connectivity index (χ3v) is 10.1. The molecule has 0 spiro atoms. The van der Waals surface area contributed by atoms with Crippen LogP contribution in [0.3, 0.4) is 0 Å². The Morgan fingerprint density at radius 2 is 1.90 bits per heavy atom. The summed E-state index contributed by atoms with van der Waals surface area (Å²) >= 11 is 2.05. The average molecular weight is 447 g/mol. The van der Waals surface area contributed by atoms with Crippen LogP contribution in [-0.4, -0.2) is 44.6 Å². The van der Waals surface area contributed by atoms with E-state index in [2.05, 4.69) is 43.8 Å². The van der Waals surface area contributed by atoms with Crippen LogP contribution in [0.25, 0.3) is 0 Å². The smallest absolute Gasteiger partial charge is 0.0661 e. The summed E-state index contributed by atoms with van der Waals surface area (Å²) in [6.45, 7) is 8.52. The molecule has 2 fully saturated rings. The number of allylic oxidation sites excluding steroid dienone is 4. The molecular formula is C27H42O3S. The Morgan fingerprint density at radius 3 is 2.65 bits per heavy atom. The summed E-state index contributed by atoms with van der Waals surface area (Å²) in [7, 11) is 0. The third-order valence-electron chi connectivity index (χ3n) is 8.98. The molecule has 0 aromatic heterocycles. The number of aliphatic hydroxyl groups excluding tert-OH is 2. The Balaban J connectivity index is 1.40. The van der Waals surface area contributed by atoms with Crippen molar-refractivity contribution in [2.24, 2.45) is 22.7 Å². The fraction of sp³-hybridized carbons (Fsp3) is 0.778. The van der Waals surface area contributed by atoms with Gasteiger partial charge in [-0.15, -0.1) is 0 Å². The summed E-state index contributed by atoms with van der Waals surface area (Å²) in [5, 5.41) is 31.1. The fourth-order valence-electron chi connectivity index (χ4n) is 6.89. The van der Waals surface area contributed by atoms with Gasteiger partial charge in [-0.3, -0.25) is 0 Å². The van der Waals surface area contributed by atoms with Crippen molar-refractivity contribution in [1.82, 2.24) is 0 Å². The van der Waals surface area contributed by atoms with Crippen molar-refractivity contribution in [2.45, 2.75) is 96.9 Å². The number of hydrogen-bond acceptors (Lipinski definition) is 4. The van der Waals surface area contributed by atoms with Crippen LogP contribution < -0.4 is 0 Å². The van der Waals surface area contributed by atoms with Crippen LogP contribution in [0.2, 0.25) is 0 Å². The molecule has 0 aromatic rings. The number of unbranched alkanes of at least 4 members (excludes halogenated alkanes) is 1.